The fourth-order valence-electron chi connectivity index (χ4n) is 2.07. The summed E-state index contributed by atoms with van der Waals surface area (Å²) in [5.74, 6) is 1.45. The summed E-state index contributed by atoms with van der Waals surface area (Å²) >= 11 is 1.46. The molecule has 1 unspecified atom stereocenters. The lowest BCUT2D eigenvalue weighted by molar-refractivity contribution is 0.222. The average Bonchev–Trinajstić information content (AvgIpc) is 2.72. The van der Waals surface area contributed by atoms with Crippen LogP contribution in [0.15, 0.2) is 23.7 Å². The third-order valence-electron chi connectivity index (χ3n) is 3.12. The molecule has 0 amide bonds. The van der Waals surface area contributed by atoms with Gasteiger partial charge in [-0.15, -0.1) is 11.3 Å². The SMILES string of the molecule is Cc1ncsc1C(O)c1ccc2c(c1)OCCCO2. The van der Waals surface area contributed by atoms with Gasteiger partial charge in [0.15, 0.2) is 11.5 Å². The van der Waals surface area contributed by atoms with Gasteiger partial charge in [0.1, 0.15) is 6.10 Å². The summed E-state index contributed by atoms with van der Waals surface area (Å²) in [5.41, 5.74) is 3.41. The maximum atomic E-state index is 10.4. The number of rotatable bonds is 2. The molecule has 19 heavy (non-hydrogen) atoms. The second kappa shape index (κ2) is 5.19. The number of thiazole rings is 1. The first-order valence-corrected chi connectivity index (χ1v) is 7.11. The molecular formula is C14H15NO3S. The van der Waals surface area contributed by atoms with Gasteiger partial charge in [0.25, 0.3) is 0 Å². The van der Waals surface area contributed by atoms with Crippen LogP contribution in [0.1, 0.15) is 28.7 Å². The molecular weight excluding hydrogens is 262 g/mol. The molecule has 0 radical (unpaired) electrons. The molecule has 3 rings (SSSR count). The Balaban J connectivity index is 1.93. The van der Waals surface area contributed by atoms with E-state index in [1.54, 1.807) is 5.51 Å². The zero-order valence-electron chi connectivity index (χ0n) is 10.6. The molecule has 1 aromatic heterocycles. The predicted octanol–water partition coefficient (Wildman–Crippen LogP) is 2.69. The van der Waals surface area contributed by atoms with E-state index in [9.17, 15) is 5.11 Å². The smallest absolute Gasteiger partial charge is 0.161 e. The van der Waals surface area contributed by atoms with Crippen molar-refractivity contribution >= 4 is 11.3 Å². The summed E-state index contributed by atoms with van der Waals surface area (Å²) in [4.78, 5) is 5.04. The van der Waals surface area contributed by atoms with Crippen molar-refractivity contribution in [1.29, 1.82) is 0 Å². The zero-order chi connectivity index (χ0) is 13.2. The summed E-state index contributed by atoms with van der Waals surface area (Å²) in [5, 5.41) is 10.4. The number of aliphatic hydroxyl groups is 1. The van der Waals surface area contributed by atoms with E-state index >= 15 is 0 Å². The summed E-state index contributed by atoms with van der Waals surface area (Å²) in [6.07, 6.45) is 0.213. The van der Waals surface area contributed by atoms with Gasteiger partial charge < -0.3 is 14.6 Å². The lowest BCUT2D eigenvalue weighted by atomic mass is 10.1. The van der Waals surface area contributed by atoms with Crippen LogP contribution in [-0.4, -0.2) is 23.3 Å². The second-order valence-corrected chi connectivity index (χ2v) is 5.35. The number of ether oxygens (including phenoxy) is 2. The van der Waals surface area contributed by atoms with E-state index in [1.807, 2.05) is 25.1 Å². The van der Waals surface area contributed by atoms with E-state index in [0.29, 0.717) is 19.0 Å². The van der Waals surface area contributed by atoms with Crippen molar-refractivity contribution < 1.29 is 14.6 Å². The van der Waals surface area contributed by atoms with Crippen LogP contribution in [0, 0.1) is 6.92 Å². The molecule has 0 saturated heterocycles. The van der Waals surface area contributed by atoms with E-state index in [2.05, 4.69) is 4.98 Å². The molecule has 100 valence electrons. The van der Waals surface area contributed by atoms with Crippen LogP contribution in [0.4, 0.5) is 0 Å². The quantitative estimate of drug-likeness (QED) is 0.917. The highest BCUT2D eigenvalue weighted by molar-refractivity contribution is 7.09. The van der Waals surface area contributed by atoms with E-state index in [1.165, 1.54) is 11.3 Å². The molecule has 4 nitrogen and oxygen atoms in total. The van der Waals surface area contributed by atoms with E-state index < -0.39 is 6.10 Å². The van der Waals surface area contributed by atoms with E-state index in [4.69, 9.17) is 9.47 Å². The Morgan fingerprint density at radius 3 is 2.79 bits per heavy atom. The minimum Gasteiger partial charge on any atom is -0.490 e. The number of nitrogens with zero attached hydrogens (tertiary/aromatic N) is 1. The van der Waals surface area contributed by atoms with E-state index in [0.717, 1.165) is 28.3 Å². The topological polar surface area (TPSA) is 51.6 Å². The van der Waals surface area contributed by atoms with Crippen LogP contribution >= 0.6 is 11.3 Å². The summed E-state index contributed by atoms with van der Waals surface area (Å²) in [6, 6.07) is 5.58. The molecule has 0 spiro atoms. The summed E-state index contributed by atoms with van der Waals surface area (Å²) in [7, 11) is 0. The van der Waals surface area contributed by atoms with Gasteiger partial charge in [-0.1, -0.05) is 6.07 Å². The molecule has 0 saturated carbocycles. The van der Waals surface area contributed by atoms with Gasteiger partial charge in [-0.25, -0.2) is 4.98 Å². The number of hydrogen-bond donors (Lipinski definition) is 1. The Hall–Kier alpha value is -1.59. The molecule has 1 atom stereocenters. The Bertz CT molecular complexity index is 582. The molecule has 0 aliphatic carbocycles. The highest BCUT2D eigenvalue weighted by atomic mass is 32.1. The minimum atomic E-state index is -0.662. The number of aliphatic hydroxyl groups excluding tert-OH is 1. The van der Waals surface area contributed by atoms with Crippen LogP contribution in [0.25, 0.3) is 0 Å². The average molecular weight is 277 g/mol. The Kier molecular flexibility index (Phi) is 3.40. The fourth-order valence-corrected chi connectivity index (χ4v) is 2.89. The highest BCUT2D eigenvalue weighted by Crippen LogP contribution is 2.35. The lowest BCUT2D eigenvalue weighted by Crippen LogP contribution is -2.01. The first-order valence-electron chi connectivity index (χ1n) is 6.23. The van der Waals surface area contributed by atoms with Crippen molar-refractivity contribution in [2.75, 3.05) is 13.2 Å². The lowest BCUT2D eigenvalue weighted by Gasteiger charge is -2.13. The van der Waals surface area contributed by atoms with Crippen molar-refractivity contribution in [3.05, 3.63) is 39.8 Å². The number of hydrogen-bond acceptors (Lipinski definition) is 5. The third-order valence-corrected chi connectivity index (χ3v) is 4.10. The van der Waals surface area contributed by atoms with Crippen LogP contribution in [-0.2, 0) is 0 Å². The first kappa shape index (κ1) is 12.4. The molecule has 0 bridgehead atoms. The molecule has 2 aromatic rings. The molecule has 1 aliphatic heterocycles. The van der Waals surface area contributed by atoms with Gasteiger partial charge in [0, 0.05) is 6.42 Å². The van der Waals surface area contributed by atoms with Crippen molar-refractivity contribution in [1.82, 2.24) is 4.98 Å². The van der Waals surface area contributed by atoms with Crippen LogP contribution in [0.3, 0.4) is 0 Å². The molecule has 1 N–H and O–H groups in total. The Morgan fingerprint density at radius 1 is 1.26 bits per heavy atom. The maximum absolute atomic E-state index is 10.4. The monoisotopic (exact) mass is 277 g/mol. The van der Waals surface area contributed by atoms with Crippen molar-refractivity contribution in [3.63, 3.8) is 0 Å². The standard InChI is InChI=1S/C14H15NO3S/c1-9-14(19-8-15-9)13(16)10-3-4-11-12(7-10)18-6-2-5-17-11/h3-4,7-8,13,16H,2,5-6H2,1H3. The van der Waals surface area contributed by atoms with Crippen LogP contribution < -0.4 is 9.47 Å². The van der Waals surface area contributed by atoms with Crippen molar-refractivity contribution in [2.45, 2.75) is 19.4 Å². The van der Waals surface area contributed by atoms with E-state index in [-0.39, 0.29) is 0 Å². The number of benzene rings is 1. The molecule has 5 heteroatoms. The predicted molar refractivity (Wildman–Crippen MR) is 73.0 cm³/mol. The van der Waals surface area contributed by atoms with Gasteiger partial charge in [0.2, 0.25) is 0 Å². The van der Waals surface area contributed by atoms with Crippen LogP contribution in [0.2, 0.25) is 0 Å². The summed E-state index contributed by atoms with van der Waals surface area (Å²) in [6.45, 7) is 3.22. The molecule has 1 aromatic carbocycles. The number of fused-ring (bicyclic) bond motifs is 1. The van der Waals surface area contributed by atoms with Gasteiger partial charge in [-0.2, -0.15) is 0 Å². The number of aryl methyl sites for hydroxylation is 1. The Labute approximate surface area is 115 Å². The van der Waals surface area contributed by atoms with Gasteiger partial charge in [0.05, 0.1) is 29.3 Å². The first-order chi connectivity index (χ1) is 9.25. The normalized spacial score (nSPS) is 15.9. The zero-order valence-corrected chi connectivity index (χ0v) is 11.4. The number of aromatic nitrogens is 1. The molecule has 2 heterocycles. The Morgan fingerprint density at radius 2 is 2.05 bits per heavy atom. The summed E-state index contributed by atoms with van der Waals surface area (Å²) < 4.78 is 11.2. The third kappa shape index (κ3) is 2.43. The fraction of sp³-hybridized carbons (Fsp3) is 0.357. The highest BCUT2D eigenvalue weighted by Gasteiger charge is 2.18. The van der Waals surface area contributed by atoms with Crippen molar-refractivity contribution in [3.8, 4) is 11.5 Å². The van der Waals surface area contributed by atoms with Gasteiger partial charge in [-0.3, -0.25) is 0 Å². The van der Waals surface area contributed by atoms with Gasteiger partial charge in [-0.05, 0) is 24.6 Å². The van der Waals surface area contributed by atoms with Gasteiger partial charge >= 0.3 is 0 Å². The second-order valence-electron chi connectivity index (χ2n) is 4.46. The molecule has 0 fully saturated rings. The largest absolute Gasteiger partial charge is 0.490 e. The van der Waals surface area contributed by atoms with Crippen molar-refractivity contribution in [2.24, 2.45) is 0 Å². The maximum Gasteiger partial charge on any atom is 0.161 e. The minimum absolute atomic E-state index is 0.645. The van der Waals surface area contributed by atoms with Crippen LogP contribution in [0.5, 0.6) is 11.5 Å². The molecule has 1 aliphatic rings.